The minimum Gasteiger partial charge on any atom is -0.357 e. The maximum Gasteiger partial charge on any atom is 0.408 e. The second-order valence-electron chi connectivity index (χ2n) is 5.77. The molecule has 0 spiro atoms. The lowest BCUT2D eigenvalue weighted by atomic mass is 10.0. The number of hydrogen-bond acceptors (Lipinski definition) is 2. The Morgan fingerprint density at radius 1 is 1.00 bits per heavy atom. The van der Waals surface area contributed by atoms with Crippen molar-refractivity contribution in [3.63, 3.8) is 0 Å². The maximum absolute atomic E-state index is 13.5. The van der Waals surface area contributed by atoms with Gasteiger partial charge in [0.15, 0.2) is 0 Å². The van der Waals surface area contributed by atoms with E-state index in [2.05, 4.69) is 4.98 Å². The van der Waals surface area contributed by atoms with Crippen LogP contribution in [0, 0.1) is 0 Å². The number of carbonyl (C=O) groups is 1. The predicted molar refractivity (Wildman–Crippen MR) is 83.5 cm³/mol. The van der Waals surface area contributed by atoms with Gasteiger partial charge in [0.2, 0.25) is 0 Å². The molecule has 1 fully saturated rings. The summed E-state index contributed by atoms with van der Waals surface area (Å²) < 4.78 is 40.6. The predicted octanol–water partition coefficient (Wildman–Crippen LogP) is 3.08. The van der Waals surface area contributed by atoms with E-state index in [9.17, 15) is 18.0 Å². The molecular formula is C17H18F3N3O. The third kappa shape index (κ3) is 3.46. The first-order valence-electron chi connectivity index (χ1n) is 7.75. The van der Waals surface area contributed by atoms with Crippen LogP contribution in [-0.2, 0) is 0 Å². The number of nitrogens with one attached hydrogen (secondary N) is 1. The number of amides is 1. The van der Waals surface area contributed by atoms with Crippen LogP contribution >= 0.6 is 0 Å². The summed E-state index contributed by atoms with van der Waals surface area (Å²) in [5.41, 5.74) is 0.688. The van der Waals surface area contributed by atoms with Crippen LogP contribution in [0.1, 0.15) is 22.1 Å². The highest BCUT2D eigenvalue weighted by molar-refractivity contribution is 5.92. The van der Waals surface area contributed by atoms with Crippen molar-refractivity contribution < 1.29 is 18.0 Å². The molecule has 2 heterocycles. The van der Waals surface area contributed by atoms with Crippen molar-refractivity contribution in [1.29, 1.82) is 0 Å². The Morgan fingerprint density at radius 2 is 1.67 bits per heavy atom. The smallest absolute Gasteiger partial charge is 0.357 e. The molecule has 1 N–H and O–H groups in total. The molecule has 4 nitrogen and oxygen atoms in total. The van der Waals surface area contributed by atoms with E-state index in [0.717, 1.165) is 0 Å². The van der Waals surface area contributed by atoms with Gasteiger partial charge >= 0.3 is 6.18 Å². The highest BCUT2D eigenvalue weighted by Crippen LogP contribution is 2.38. The number of benzene rings is 1. The van der Waals surface area contributed by atoms with E-state index in [1.165, 1.54) is 17.0 Å². The van der Waals surface area contributed by atoms with Crippen molar-refractivity contribution in [3.8, 4) is 0 Å². The molecule has 1 aliphatic heterocycles. The van der Waals surface area contributed by atoms with Crippen LogP contribution in [0.25, 0.3) is 0 Å². The first kappa shape index (κ1) is 16.6. The van der Waals surface area contributed by atoms with Crippen LogP contribution in [0.3, 0.4) is 0 Å². The minimum absolute atomic E-state index is 0.178. The fourth-order valence-corrected chi connectivity index (χ4v) is 3.06. The van der Waals surface area contributed by atoms with Gasteiger partial charge in [-0.25, -0.2) is 0 Å². The number of carbonyl (C=O) groups excluding carboxylic acids is 1. The fraction of sp³-hybridized carbons (Fsp3) is 0.353. The Morgan fingerprint density at radius 3 is 2.21 bits per heavy atom. The zero-order valence-corrected chi connectivity index (χ0v) is 13.0. The molecule has 1 amide bonds. The summed E-state index contributed by atoms with van der Waals surface area (Å²) in [6.45, 7) is 0.922. The molecule has 0 saturated carbocycles. The van der Waals surface area contributed by atoms with Crippen LogP contribution in [0.15, 0.2) is 48.7 Å². The summed E-state index contributed by atoms with van der Waals surface area (Å²) in [7, 11) is 0. The van der Waals surface area contributed by atoms with E-state index in [0.29, 0.717) is 5.69 Å². The van der Waals surface area contributed by atoms with Crippen LogP contribution in [-0.4, -0.2) is 53.0 Å². The molecule has 1 saturated heterocycles. The largest absolute Gasteiger partial charge is 0.408 e. The number of hydrogen-bond donors (Lipinski definition) is 1. The first-order valence-corrected chi connectivity index (χ1v) is 7.75. The lowest BCUT2D eigenvalue weighted by Gasteiger charge is -2.40. The van der Waals surface area contributed by atoms with Gasteiger partial charge in [0.05, 0.1) is 0 Å². The van der Waals surface area contributed by atoms with Gasteiger partial charge < -0.3 is 9.88 Å². The summed E-state index contributed by atoms with van der Waals surface area (Å²) in [5.74, 6) is -0.178. The topological polar surface area (TPSA) is 39.3 Å². The molecule has 7 heteroatoms. The molecule has 128 valence electrons. The van der Waals surface area contributed by atoms with Gasteiger partial charge in [-0.15, -0.1) is 0 Å². The summed E-state index contributed by atoms with van der Waals surface area (Å²) in [4.78, 5) is 18.1. The average Bonchev–Trinajstić information content (AvgIpc) is 3.09. The van der Waals surface area contributed by atoms with Gasteiger partial charge in [0.25, 0.3) is 5.91 Å². The molecule has 1 aromatic heterocycles. The summed E-state index contributed by atoms with van der Waals surface area (Å²) >= 11 is 0. The van der Waals surface area contributed by atoms with Gasteiger partial charge in [-0.05, 0) is 17.7 Å². The van der Waals surface area contributed by atoms with E-state index in [1.807, 2.05) is 0 Å². The van der Waals surface area contributed by atoms with E-state index in [1.54, 1.807) is 41.4 Å². The Balaban J connectivity index is 1.71. The number of nitrogens with zero attached hydrogens (tertiary/aromatic N) is 2. The number of rotatable bonds is 3. The SMILES string of the molecule is O=C(c1ccc[nH]1)N1CCN([C@@H](c2ccccc2)C(F)(F)F)CC1. The molecule has 1 atom stereocenters. The highest BCUT2D eigenvalue weighted by atomic mass is 19.4. The number of halogens is 3. The van der Waals surface area contributed by atoms with Crippen LogP contribution in [0.4, 0.5) is 13.2 Å². The number of H-pyrrole nitrogens is 1. The number of aromatic amines is 1. The molecule has 1 aromatic carbocycles. The lowest BCUT2D eigenvalue weighted by molar-refractivity contribution is -0.189. The summed E-state index contributed by atoms with van der Waals surface area (Å²) in [5, 5.41) is 0. The standard InChI is InChI=1S/C17H18F3N3O/c18-17(19,20)15(13-5-2-1-3-6-13)22-9-11-23(12-10-22)16(24)14-7-4-8-21-14/h1-8,15,21H,9-12H2/t15-/m0/s1. The van der Waals surface area contributed by atoms with Gasteiger partial charge in [-0.2, -0.15) is 13.2 Å². The normalized spacial score (nSPS) is 17.7. The average molecular weight is 337 g/mol. The fourth-order valence-electron chi connectivity index (χ4n) is 3.06. The zero-order chi connectivity index (χ0) is 17.2. The Kier molecular flexibility index (Phi) is 4.62. The Hall–Kier alpha value is -2.28. The van der Waals surface area contributed by atoms with Gasteiger partial charge in [-0.1, -0.05) is 30.3 Å². The minimum atomic E-state index is -4.35. The van der Waals surface area contributed by atoms with E-state index in [4.69, 9.17) is 0 Å². The second kappa shape index (κ2) is 6.68. The van der Waals surface area contributed by atoms with Crippen molar-refractivity contribution in [3.05, 3.63) is 59.9 Å². The molecular weight excluding hydrogens is 319 g/mol. The van der Waals surface area contributed by atoms with E-state index in [-0.39, 0.29) is 37.6 Å². The van der Waals surface area contributed by atoms with Crippen LogP contribution < -0.4 is 0 Å². The molecule has 2 aromatic rings. The summed E-state index contributed by atoms with van der Waals surface area (Å²) in [6.07, 6.45) is -2.70. The number of aromatic nitrogens is 1. The summed E-state index contributed by atoms with van der Waals surface area (Å²) in [6, 6.07) is 9.66. The second-order valence-corrected chi connectivity index (χ2v) is 5.77. The van der Waals surface area contributed by atoms with Gasteiger partial charge in [0.1, 0.15) is 11.7 Å². The molecule has 0 unspecified atom stereocenters. The molecule has 3 rings (SSSR count). The first-order chi connectivity index (χ1) is 11.5. The number of alkyl halides is 3. The van der Waals surface area contributed by atoms with Crippen molar-refractivity contribution in [2.24, 2.45) is 0 Å². The molecule has 0 radical (unpaired) electrons. The monoisotopic (exact) mass is 337 g/mol. The lowest BCUT2D eigenvalue weighted by Crippen LogP contribution is -2.52. The van der Waals surface area contributed by atoms with Crippen molar-refractivity contribution >= 4 is 5.91 Å². The molecule has 24 heavy (non-hydrogen) atoms. The molecule has 1 aliphatic rings. The van der Waals surface area contributed by atoms with E-state index >= 15 is 0 Å². The zero-order valence-electron chi connectivity index (χ0n) is 13.0. The Labute approximate surface area is 137 Å². The molecule has 0 bridgehead atoms. The third-order valence-electron chi connectivity index (χ3n) is 4.22. The highest BCUT2D eigenvalue weighted by Gasteiger charge is 2.45. The molecule has 0 aliphatic carbocycles. The van der Waals surface area contributed by atoms with Crippen molar-refractivity contribution in [1.82, 2.24) is 14.8 Å². The Bertz CT molecular complexity index is 662. The maximum atomic E-state index is 13.5. The number of piperazine rings is 1. The van der Waals surface area contributed by atoms with Gasteiger partial charge in [0, 0.05) is 32.4 Å². The van der Waals surface area contributed by atoms with Gasteiger partial charge in [-0.3, -0.25) is 9.69 Å². The third-order valence-corrected chi connectivity index (χ3v) is 4.22. The van der Waals surface area contributed by atoms with Crippen molar-refractivity contribution in [2.45, 2.75) is 12.2 Å². The van der Waals surface area contributed by atoms with Crippen LogP contribution in [0.5, 0.6) is 0 Å². The quantitative estimate of drug-likeness (QED) is 0.935. The van der Waals surface area contributed by atoms with Crippen LogP contribution in [0.2, 0.25) is 0 Å². The van der Waals surface area contributed by atoms with Crippen molar-refractivity contribution in [2.75, 3.05) is 26.2 Å². The van der Waals surface area contributed by atoms with E-state index < -0.39 is 12.2 Å².